The zero-order chi connectivity index (χ0) is 9.00. The third-order valence-corrected chi connectivity index (χ3v) is 0. The van der Waals surface area contributed by atoms with E-state index in [2.05, 4.69) is 0 Å². The van der Waals surface area contributed by atoms with Crippen LogP contribution in [0.3, 0.4) is 0 Å². The summed E-state index contributed by atoms with van der Waals surface area (Å²) >= 11 is 0. The van der Waals surface area contributed by atoms with Gasteiger partial charge in [0.15, 0.2) is 0 Å². The van der Waals surface area contributed by atoms with E-state index in [1.807, 2.05) is 0 Å². The summed E-state index contributed by atoms with van der Waals surface area (Å²) in [4.78, 5) is 68.6. The summed E-state index contributed by atoms with van der Waals surface area (Å²) in [5.41, 5.74) is 0. The molecule has 0 bridgehead atoms. The molecule has 0 aliphatic carbocycles. The van der Waals surface area contributed by atoms with Crippen LogP contribution in [0.15, 0.2) is 0 Å². The summed E-state index contributed by atoms with van der Waals surface area (Å²) in [5.74, 6) is 0. The quantitative estimate of drug-likeness (QED) is 0.346. The van der Waals surface area contributed by atoms with Crippen molar-refractivity contribution in [2.24, 2.45) is 0 Å². The van der Waals surface area contributed by atoms with E-state index in [1.165, 1.54) is 0 Å². The van der Waals surface area contributed by atoms with E-state index in [9.17, 15) is 0 Å². The van der Waals surface area contributed by atoms with Gasteiger partial charge in [-0.15, -0.1) is 0 Å². The van der Waals surface area contributed by atoms with Crippen LogP contribution < -0.4 is 38.4 Å². The SMILES string of the molecule is [Co+2].[Co+2].[Ni+2].[Ni+2].[O-][Si]([O-])([O-])[O-].[O-][Si]([O-])([O-])[O-]. The van der Waals surface area contributed by atoms with Gasteiger partial charge in [-0.25, -0.2) is 0 Å². The molecular formula is Co2Ni2O8Si2. The summed E-state index contributed by atoms with van der Waals surface area (Å²) < 4.78 is 0. The normalized spacial score (nSPS) is 8.57. The Morgan fingerprint density at radius 1 is 0.429 bits per heavy atom. The average molecular weight is 419 g/mol. The molecule has 0 aliphatic rings. The second-order valence-corrected chi connectivity index (χ2v) is 3.00. The molecule has 0 aromatic carbocycles. The van der Waals surface area contributed by atoms with E-state index < -0.39 is 18.1 Å². The van der Waals surface area contributed by atoms with Crippen LogP contribution in [0.5, 0.6) is 0 Å². The van der Waals surface area contributed by atoms with Gasteiger partial charge in [-0.05, 0) is 0 Å². The minimum Gasteiger partial charge on any atom is -0.894 e. The first-order chi connectivity index (χ1) is 4.00. The molecule has 0 spiro atoms. The van der Waals surface area contributed by atoms with Crippen molar-refractivity contribution in [2.75, 3.05) is 0 Å². The summed E-state index contributed by atoms with van der Waals surface area (Å²) in [5, 5.41) is 0. The minimum absolute atomic E-state index is 0. The van der Waals surface area contributed by atoms with Gasteiger partial charge in [0.05, 0.1) is 0 Å². The Kier molecular flexibility index (Phi) is 38.8. The standard InChI is InChI=1S/2Co.2Ni.2O4Si/c;;;;2*1-5(2,3)4/q4*+2;2*-4. The summed E-state index contributed by atoms with van der Waals surface area (Å²) in [6.45, 7) is 0. The van der Waals surface area contributed by atoms with Gasteiger partial charge in [0, 0.05) is 0 Å². The van der Waals surface area contributed by atoms with E-state index in [0.29, 0.717) is 0 Å². The Labute approximate surface area is 122 Å². The van der Waals surface area contributed by atoms with Gasteiger partial charge in [-0.1, -0.05) is 0 Å². The molecule has 2 radical (unpaired) electrons. The van der Waals surface area contributed by atoms with E-state index in [1.54, 1.807) is 0 Å². The van der Waals surface area contributed by atoms with Crippen molar-refractivity contribution in [3.05, 3.63) is 0 Å². The molecule has 0 rings (SSSR count). The maximum Gasteiger partial charge on any atom is 2.00 e. The molecule has 94 valence electrons. The number of hydrogen-bond donors (Lipinski definition) is 0. The predicted octanol–water partition coefficient (Wildman–Crippen LogP) is -10.3. The van der Waals surface area contributed by atoms with E-state index >= 15 is 0 Å². The van der Waals surface area contributed by atoms with Gasteiger partial charge in [0.2, 0.25) is 0 Å². The summed E-state index contributed by atoms with van der Waals surface area (Å²) in [6, 6.07) is 0. The second kappa shape index (κ2) is 15.1. The van der Waals surface area contributed by atoms with Crippen LogP contribution >= 0.6 is 0 Å². The summed E-state index contributed by atoms with van der Waals surface area (Å²) in [6.07, 6.45) is 0. The molecule has 0 unspecified atom stereocenters. The third-order valence-electron chi connectivity index (χ3n) is 0. The van der Waals surface area contributed by atoms with Crippen LogP contribution in [0.1, 0.15) is 0 Å². The predicted molar refractivity (Wildman–Crippen MR) is 11.5 cm³/mol. The molecule has 8 nitrogen and oxygen atoms in total. The van der Waals surface area contributed by atoms with Crippen molar-refractivity contribution in [1.82, 2.24) is 0 Å². The Morgan fingerprint density at radius 3 is 0.429 bits per heavy atom. The zero-order valence-electron chi connectivity index (χ0n) is 5.57. The smallest absolute Gasteiger partial charge is 0.894 e. The molecule has 0 fully saturated rings. The summed E-state index contributed by atoms with van der Waals surface area (Å²) in [7, 11) is -11.2. The molecule has 0 amide bonds. The van der Waals surface area contributed by atoms with Gasteiger partial charge in [0.25, 0.3) is 0 Å². The van der Waals surface area contributed by atoms with Gasteiger partial charge < -0.3 is 56.5 Å². The molecule has 14 heteroatoms. The molecule has 0 N–H and O–H groups in total. The Balaban J connectivity index is -0.0000000178. The maximum absolute atomic E-state index is 8.58. The van der Waals surface area contributed by atoms with Crippen molar-refractivity contribution in [3.63, 3.8) is 0 Å². The number of hydrogen-bond acceptors (Lipinski definition) is 8. The molecule has 0 aliphatic heterocycles. The van der Waals surface area contributed by atoms with E-state index in [0.717, 1.165) is 0 Å². The molecule has 0 atom stereocenters. The molecule has 0 aromatic rings. The first-order valence-electron chi connectivity index (χ1n) is 1.63. The molecule has 0 saturated carbocycles. The van der Waals surface area contributed by atoms with Crippen molar-refractivity contribution in [1.29, 1.82) is 0 Å². The van der Waals surface area contributed by atoms with Crippen LogP contribution in [0.25, 0.3) is 0 Å². The van der Waals surface area contributed by atoms with Crippen molar-refractivity contribution in [3.8, 4) is 0 Å². The first kappa shape index (κ1) is 36.0. The number of rotatable bonds is 0. The monoisotopic (exact) mass is 418 g/mol. The van der Waals surface area contributed by atoms with Crippen LogP contribution in [-0.2, 0) is 66.5 Å². The third kappa shape index (κ3) is 543. The van der Waals surface area contributed by atoms with Crippen molar-refractivity contribution in [2.45, 2.75) is 0 Å². The van der Waals surface area contributed by atoms with Crippen LogP contribution in [-0.4, -0.2) is 18.1 Å². The van der Waals surface area contributed by atoms with Gasteiger partial charge in [0.1, 0.15) is 0 Å². The van der Waals surface area contributed by atoms with E-state index in [4.69, 9.17) is 38.4 Å². The van der Waals surface area contributed by atoms with Crippen molar-refractivity contribution >= 4 is 18.1 Å². The molecule has 14 heavy (non-hydrogen) atoms. The molecule has 0 aromatic heterocycles. The molecule has 0 heterocycles. The van der Waals surface area contributed by atoms with Crippen LogP contribution in [0, 0.1) is 0 Å². The fourth-order valence-electron chi connectivity index (χ4n) is 0. The largest absolute Gasteiger partial charge is 2.00 e. The van der Waals surface area contributed by atoms with Gasteiger partial charge in [-0.2, -0.15) is 0 Å². The van der Waals surface area contributed by atoms with Gasteiger partial charge in [-0.3, -0.25) is 0 Å². The van der Waals surface area contributed by atoms with E-state index in [-0.39, 0.29) is 66.5 Å². The second-order valence-electron chi connectivity index (χ2n) is 1.00. The van der Waals surface area contributed by atoms with Crippen molar-refractivity contribution < 1.29 is 105 Å². The van der Waals surface area contributed by atoms with Crippen LogP contribution in [0.4, 0.5) is 0 Å². The average Bonchev–Trinajstić information content (AvgIpc) is 1.12. The van der Waals surface area contributed by atoms with Crippen LogP contribution in [0.2, 0.25) is 0 Å². The molecular weight excluding hydrogens is 419 g/mol. The fourth-order valence-corrected chi connectivity index (χ4v) is 0. The molecule has 0 saturated heterocycles. The zero-order valence-corrected chi connectivity index (χ0v) is 11.6. The van der Waals surface area contributed by atoms with Gasteiger partial charge >= 0.3 is 66.5 Å². The Hall–Kier alpha value is 2.11. The minimum atomic E-state index is -5.61. The topological polar surface area (TPSA) is 184 Å². The Morgan fingerprint density at radius 2 is 0.429 bits per heavy atom. The Bertz CT molecular complexity index is 66.3. The fraction of sp³-hybridized carbons (Fsp3) is 0. The first-order valence-corrected chi connectivity index (χ1v) is 4.90. The maximum atomic E-state index is 8.58.